The van der Waals surface area contributed by atoms with Crippen molar-refractivity contribution in [3.8, 4) is 0 Å². The molecule has 0 aromatic carbocycles. The van der Waals surface area contributed by atoms with Crippen LogP contribution in [0.25, 0.3) is 0 Å². The largest absolute Gasteiger partial charge is 0.480 e. The van der Waals surface area contributed by atoms with Crippen molar-refractivity contribution in [1.82, 2.24) is 20.9 Å². The second kappa shape index (κ2) is 10.3. The number of nitrogens with zero attached hydrogens (tertiary/aromatic N) is 1. The van der Waals surface area contributed by atoms with Gasteiger partial charge in [-0.15, -0.1) is 0 Å². The summed E-state index contributed by atoms with van der Waals surface area (Å²) in [5.74, 6) is -2.43. The Balaban J connectivity index is 2.74. The number of aliphatic carboxylic acids is 1. The maximum Gasteiger partial charge on any atom is 0.411 e. The molecule has 0 spiro atoms. The summed E-state index contributed by atoms with van der Waals surface area (Å²) in [6.07, 6.45) is -1.45. The second-order valence-corrected chi connectivity index (χ2v) is 9.12. The third kappa shape index (κ3) is 10.0. The normalized spacial score (nSPS) is 18.7. The highest BCUT2D eigenvalue weighted by atomic mass is 16.6. The standard InChI is InChI=1S/C19H32N4O8/c1-18(2,3)30-16(28)21-8-13(24)22-11-7-12(15(27)20-9-14(25)26)23(10-11)17(29)31-19(4,5)6/h11-12H,7-10H2,1-6H3,(H,20,27)(H,21,28)(H,22,24)(H,25,26)/t11-,12+/m1/s1. The van der Waals surface area contributed by atoms with Gasteiger partial charge in [0.25, 0.3) is 0 Å². The molecule has 0 saturated carbocycles. The summed E-state index contributed by atoms with van der Waals surface area (Å²) in [7, 11) is 0. The van der Waals surface area contributed by atoms with Gasteiger partial charge in [-0.2, -0.15) is 0 Å². The first kappa shape index (κ1) is 26.0. The van der Waals surface area contributed by atoms with Crippen LogP contribution < -0.4 is 16.0 Å². The minimum absolute atomic E-state index is 0.0156. The molecular formula is C19H32N4O8. The molecular weight excluding hydrogens is 412 g/mol. The minimum atomic E-state index is -1.23. The molecule has 4 amide bonds. The fourth-order valence-corrected chi connectivity index (χ4v) is 2.74. The van der Waals surface area contributed by atoms with Gasteiger partial charge >= 0.3 is 18.2 Å². The summed E-state index contributed by atoms with van der Waals surface area (Å²) in [5, 5.41) is 16.0. The van der Waals surface area contributed by atoms with Gasteiger partial charge in [0, 0.05) is 12.6 Å². The molecule has 0 aromatic heterocycles. The summed E-state index contributed by atoms with van der Waals surface area (Å²) in [5.41, 5.74) is -1.52. The summed E-state index contributed by atoms with van der Waals surface area (Å²) in [6.45, 7) is 9.09. The van der Waals surface area contributed by atoms with E-state index < -0.39 is 59.8 Å². The SMILES string of the molecule is CC(C)(C)OC(=O)NCC(=O)N[C@@H]1C[C@@H](C(=O)NCC(=O)O)N(C(=O)OC(C)(C)C)C1. The maximum atomic E-state index is 12.5. The molecule has 31 heavy (non-hydrogen) atoms. The zero-order chi connectivity index (χ0) is 24.0. The maximum absolute atomic E-state index is 12.5. The smallest absolute Gasteiger partial charge is 0.411 e. The van der Waals surface area contributed by atoms with Crippen LogP contribution >= 0.6 is 0 Å². The number of hydrogen-bond donors (Lipinski definition) is 4. The lowest BCUT2D eigenvalue weighted by Crippen LogP contribution is -2.48. The van der Waals surface area contributed by atoms with Crippen molar-refractivity contribution >= 4 is 30.0 Å². The molecule has 0 unspecified atom stereocenters. The molecule has 1 rings (SSSR count). The molecule has 12 heteroatoms. The number of ether oxygens (including phenoxy) is 2. The van der Waals surface area contributed by atoms with Crippen molar-refractivity contribution in [2.75, 3.05) is 19.6 Å². The van der Waals surface area contributed by atoms with Gasteiger partial charge in [-0.3, -0.25) is 19.3 Å². The van der Waals surface area contributed by atoms with Crippen molar-refractivity contribution in [2.45, 2.75) is 71.2 Å². The molecule has 2 atom stereocenters. The Morgan fingerprint density at radius 3 is 2.03 bits per heavy atom. The predicted octanol–water partition coefficient (Wildman–Crippen LogP) is 0.206. The lowest BCUT2D eigenvalue weighted by Gasteiger charge is -2.27. The molecule has 0 aliphatic carbocycles. The Bertz CT molecular complexity index is 711. The van der Waals surface area contributed by atoms with E-state index in [1.165, 1.54) is 0 Å². The van der Waals surface area contributed by atoms with Crippen molar-refractivity contribution in [1.29, 1.82) is 0 Å². The van der Waals surface area contributed by atoms with Gasteiger partial charge < -0.3 is 30.5 Å². The van der Waals surface area contributed by atoms with E-state index in [0.29, 0.717) is 0 Å². The van der Waals surface area contributed by atoms with E-state index >= 15 is 0 Å². The van der Waals surface area contributed by atoms with Crippen LogP contribution in [0.5, 0.6) is 0 Å². The van der Waals surface area contributed by atoms with Crippen LogP contribution in [-0.2, 0) is 23.9 Å². The first-order chi connectivity index (χ1) is 14.1. The zero-order valence-corrected chi connectivity index (χ0v) is 18.7. The molecule has 1 saturated heterocycles. The van der Waals surface area contributed by atoms with Crippen LogP contribution in [0.4, 0.5) is 9.59 Å². The number of carboxylic acids is 1. The first-order valence-electron chi connectivity index (χ1n) is 9.83. The van der Waals surface area contributed by atoms with Crippen molar-refractivity contribution < 1.29 is 38.6 Å². The fraction of sp³-hybridized carbons (Fsp3) is 0.737. The molecule has 0 radical (unpaired) electrons. The number of carbonyl (C=O) groups excluding carboxylic acids is 4. The van der Waals surface area contributed by atoms with E-state index in [4.69, 9.17) is 14.6 Å². The molecule has 1 heterocycles. The van der Waals surface area contributed by atoms with Crippen LogP contribution in [0.15, 0.2) is 0 Å². The Kier molecular flexibility index (Phi) is 8.64. The summed E-state index contributed by atoms with van der Waals surface area (Å²) >= 11 is 0. The van der Waals surface area contributed by atoms with E-state index in [-0.39, 0.29) is 19.5 Å². The van der Waals surface area contributed by atoms with Gasteiger partial charge in [0.05, 0.1) is 0 Å². The van der Waals surface area contributed by atoms with Gasteiger partial charge in [-0.1, -0.05) is 0 Å². The summed E-state index contributed by atoms with van der Waals surface area (Å²) in [6, 6.07) is -1.61. The Hall–Kier alpha value is -3.05. The lowest BCUT2D eigenvalue weighted by molar-refractivity contribution is -0.138. The Morgan fingerprint density at radius 2 is 1.52 bits per heavy atom. The highest BCUT2D eigenvalue weighted by Crippen LogP contribution is 2.21. The van der Waals surface area contributed by atoms with E-state index in [9.17, 15) is 24.0 Å². The van der Waals surface area contributed by atoms with Crippen LogP contribution in [0.2, 0.25) is 0 Å². The van der Waals surface area contributed by atoms with Gasteiger partial charge in [0.2, 0.25) is 11.8 Å². The van der Waals surface area contributed by atoms with Crippen LogP contribution in [0, 0.1) is 0 Å². The number of carbonyl (C=O) groups is 5. The van der Waals surface area contributed by atoms with Crippen molar-refractivity contribution in [3.05, 3.63) is 0 Å². The molecule has 1 aliphatic rings. The molecule has 1 fully saturated rings. The number of alkyl carbamates (subject to hydrolysis) is 1. The van der Waals surface area contributed by atoms with E-state index in [2.05, 4.69) is 16.0 Å². The Labute approximate surface area is 181 Å². The average molecular weight is 444 g/mol. The quantitative estimate of drug-likeness (QED) is 0.451. The van der Waals surface area contributed by atoms with E-state index in [0.717, 1.165) is 4.90 Å². The van der Waals surface area contributed by atoms with Crippen molar-refractivity contribution in [3.63, 3.8) is 0 Å². The van der Waals surface area contributed by atoms with Gasteiger partial charge in [-0.25, -0.2) is 9.59 Å². The zero-order valence-electron chi connectivity index (χ0n) is 18.7. The van der Waals surface area contributed by atoms with Crippen LogP contribution in [0.3, 0.4) is 0 Å². The molecule has 1 aliphatic heterocycles. The number of hydrogen-bond acceptors (Lipinski definition) is 7. The van der Waals surface area contributed by atoms with Gasteiger partial charge in [0.1, 0.15) is 30.3 Å². The highest BCUT2D eigenvalue weighted by molar-refractivity contribution is 5.89. The van der Waals surface area contributed by atoms with Crippen molar-refractivity contribution in [2.24, 2.45) is 0 Å². The number of nitrogens with one attached hydrogen (secondary N) is 3. The molecule has 0 aromatic rings. The third-order valence-corrected chi connectivity index (χ3v) is 3.80. The molecule has 0 bridgehead atoms. The Morgan fingerprint density at radius 1 is 0.935 bits per heavy atom. The van der Waals surface area contributed by atoms with Crippen LogP contribution in [0.1, 0.15) is 48.0 Å². The monoisotopic (exact) mass is 444 g/mol. The number of carboxylic acid groups (broad SMARTS) is 1. The van der Waals surface area contributed by atoms with E-state index in [1.54, 1.807) is 41.5 Å². The molecule has 176 valence electrons. The third-order valence-electron chi connectivity index (χ3n) is 3.80. The second-order valence-electron chi connectivity index (χ2n) is 9.12. The molecule has 12 nitrogen and oxygen atoms in total. The van der Waals surface area contributed by atoms with E-state index in [1.807, 2.05) is 0 Å². The lowest BCUT2D eigenvalue weighted by atomic mass is 10.1. The number of amides is 4. The minimum Gasteiger partial charge on any atom is -0.480 e. The summed E-state index contributed by atoms with van der Waals surface area (Å²) < 4.78 is 10.4. The predicted molar refractivity (Wildman–Crippen MR) is 108 cm³/mol. The number of rotatable bonds is 6. The van der Waals surface area contributed by atoms with Gasteiger partial charge in [-0.05, 0) is 48.0 Å². The topological polar surface area (TPSA) is 163 Å². The van der Waals surface area contributed by atoms with Gasteiger partial charge in [0.15, 0.2) is 0 Å². The summed E-state index contributed by atoms with van der Waals surface area (Å²) in [4.78, 5) is 60.6. The highest BCUT2D eigenvalue weighted by Gasteiger charge is 2.42. The molecule has 4 N–H and O–H groups in total. The number of likely N-dealkylation sites (tertiary alicyclic amines) is 1. The fourth-order valence-electron chi connectivity index (χ4n) is 2.74. The first-order valence-corrected chi connectivity index (χ1v) is 9.83. The van der Waals surface area contributed by atoms with Crippen LogP contribution in [-0.4, -0.2) is 82.9 Å². The average Bonchev–Trinajstić information content (AvgIpc) is 2.99.